The van der Waals surface area contributed by atoms with E-state index < -0.39 is 15.7 Å². The number of carbonyl (C=O) groups is 1. The van der Waals surface area contributed by atoms with E-state index in [0.29, 0.717) is 5.75 Å². The van der Waals surface area contributed by atoms with Crippen LogP contribution in [0, 0.1) is 0 Å². The summed E-state index contributed by atoms with van der Waals surface area (Å²) < 4.78 is 33.8. The molecule has 0 radical (unpaired) electrons. The van der Waals surface area contributed by atoms with Gasteiger partial charge in [-0.3, -0.25) is 4.79 Å². The van der Waals surface area contributed by atoms with Crippen LogP contribution < -0.4 is 14.8 Å². The fourth-order valence-electron chi connectivity index (χ4n) is 2.04. The Hall–Kier alpha value is -2.25. The Morgan fingerprint density at radius 2 is 1.76 bits per heavy atom. The topological polar surface area (TPSA) is 81.7 Å². The second-order valence-electron chi connectivity index (χ2n) is 5.20. The Morgan fingerprint density at radius 3 is 2.36 bits per heavy atom. The van der Waals surface area contributed by atoms with E-state index in [0.717, 1.165) is 12.0 Å². The summed E-state index contributed by atoms with van der Waals surface area (Å²) in [6, 6.07) is 11.2. The Bertz CT molecular complexity index is 850. The molecule has 0 aliphatic carbocycles. The molecule has 1 amide bonds. The molecule has 2 aromatic rings. The minimum atomic E-state index is -3.50. The number of amides is 1. The third-order valence-electron chi connectivity index (χ3n) is 3.31. The van der Waals surface area contributed by atoms with Crippen molar-refractivity contribution >= 4 is 27.3 Å². The number of ether oxygens (including phenoxy) is 2. The van der Waals surface area contributed by atoms with Gasteiger partial charge in [0.25, 0.3) is 5.91 Å². The minimum Gasteiger partial charge on any atom is -0.497 e. The SMILES string of the molecule is COc1ccc(OCCNC(=O)c2ccc(Cl)c(S(C)(=O)=O)c2)cc1. The molecule has 0 unspecified atom stereocenters. The molecule has 0 fully saturated rings. The smallest absolute Gasteiger partial charge is 0.251 e. The summed E-state index contributed by atoms with van der Waals surface area (Å²) in [6.07, 6.45) is 1.04. The van der Waals surface area contributed by atoms with Crippen LogP contribution in [0.25, 0.3) is 0 Å². The van der Waals surface area contributed by atoms with Crippen LogP contribution in [-0.4, -0.2) is 40.8 Å². The van der Waals surface area contributed by atoms with Gasteiger partial charge in [0, 0.05) is 11.8 Å². The lowest BCUT2D eigenvalue weighted by molar-refractivity contribution is 0.0947. The number of hydrogen-bond donors (Lipinski definition) is 1. The monoisotopic (exact) mass is 383 g/mol. The number of carbonyl (C=O) groups excluding carboxylic acids is 1. The van der Waals surface area contributed by atoms with E-state index >= 15 is 0 Å². The number of methoxy groups -OCH3 is 1. The predicted octanol–water partition coefficient (Wildman–Crippen LogP) is 2.56. The first kappa shape index (κ1) is 19.1. The van der Waals surface area contributed by atoms with Crippen molar-refractivity contribution in [1.29, 1.82) is 0 Å². The van der Waals surface area contributed by atoms with Crippen LogP contribution in [0.3, 0.4) is 0 Å². The normalized spacial score (nSPS) is 11.0. The first-order valence-electron chi connectivity index (χ1n) is 7.36. The van der Waals surface area contributed by atoms with E-state index in [9.17, 15) is 13.2 Å². The van der Waals surface area contributed by atoms with Gasteiger partial charge >= 0.3 is 0 Å². The van der Waals surface area contributed by atoms with Crippen molar-refractivity contribution in [3.8, 4) is 11.5 Å². The van der Waals surface area contributed by atoms with Crippen LogP contribution >= 0.6 is 11.6 Å². The van der Waals surface area contributed by atoms with Gasteiger partial charge in [-0.1, -0.05) is 11.6 Å². The van der Waals surface area contributed by atoms with E-state index in [2.05, 4.69) is 5.32 Å². The number of rotatable bonds is 7. The van der Waals surface area contributed by atoms with Crippen molar-refractivity contribution in [2.75, 3.05) is 26.5 Å². The summed E-state index contributed by atoms with van der Waals surface area (Å²) in [5.74, 6) is 0.978. The minimum absolute atomic E-state index is 0.0729. The lowest BCUT2D eigenvalue weighted by atomic mass is 10.2. The molecule has 0 aliphatic rings. The number of benzene rings is 2. The van der Waals surface area contributed by atoms with E-state index in [1.54, 1.807) is 31.4 Å². The molecule has 0 saturated carbocycles. The number of sulfone groups is 1. The van der Waals surface area contributed by atoms with Crippen molar-refractivity contribution in [3.05, 3.63) is 53.1 Å². The molecule has 25 heavy (non-hydrogen) atoms. The van der Waals surface area contributed by atoms with E-state index in [4.69, 9.17) is 21.1 Å². The molecular formula is C17H18ClNO5S. The molecule has 2 aromatic carbocycles. The third kappa shape index (κ3) is 5.37. The lowest BCUT2D eigenvalue weighted by Gasteiger charge is -2.09. The van der Waals surface area contributed by atoms with Gasteiger partial charge in [-0.25, -0.2) is 8.42 Å². The highest BCUT2D eigenvalue weighted by atomic mass is 35.5. The summed E-state index contributed by atoms with van der Waals surface area (Å²) in [6.45, 7) is 0.534. The maximum Gasteiger partial charge on any atom is 0.251 e. The first-order valence-corrected chi connectivity index (χ1v) is 9.63. The molecule has 2 rings (SSSR count). The third-order valence-corrected chi connectivity index (χ3v) is 4.89. The van der Waals surface area contributed by atoms with Crippen LogP contribution in [-0.2, 0) is 9.84 Å². The average Bonchev–Trinajstić information content (AvgIpc) is 2.58. The lowest BCUT2D eigenvalue weighted by Crippen LogP contribution is -2.28. The summed E-state index contributed by atoms with van der Waals surface area (Å²) >= 11 is 5.86. The zero-order valence-corrected chi connectivity index (χ0v) is 15.4. The van der Waals surface area contributed by atoms with E-state index in [1.807, 2.05) is 0 Å². The molecule has 1 N–H and O–H groups in total. The molecule has 0 spiro atoms. The summed E-state index contributed by atoms with van der Waals surface area (Å²) in [4.78, 5) is 12.0. The summed E-state index contributed by atoms with van der Waals surface area (Å²) in [5, 5.41) is 2.75. The number of hydrogen-bond acceptors (Lipinski definition) is 5. The van der Waals surface area contributed by atoms with Crippen LogP contribution in [0.4, 0.5) is 0 Å². The highest BCUT2D eigenvalue weighted by molar-refractivity contribution is 7.90. The zero-order valence-electron chi connectivity index (χ0n) is 13.8. The van der Waals surface area contributed by atoms with Crippen molar-refractivity contribution in [3.63, 3.8) is 0 Å². The quantitative estimate of drug-likeness (QED) is 0.743. The molecule has 0 atom stereocenters. The van der Waals surface area contributed by atoms with Crippen molar-refractivity contribution in [2.24, 2.45) is 0 Å². The Kier molecular flexibility index (Phi) is 6.27. The van der Waals surface area contributed by atoms with Crippen molar-refractivity contribution in [2.45, 2.75) is 4.90 Å². The maximum absolute atomic E-state index is 12.1. The highest BCUT2D eigenvalue weighted by Crippen LogP contribution is 2.22. The van der Waals surface area contributed by atoms with Gasteiger partial charge in [-0.2, -0.15) is 0 Å². The molecule has 6 nitrogen and oxygen atoms in total. The zero-order chi connectivity index (χ0) is 18.4. The van der Waals surface area contributed by atoms with Gasteiger partial charge in [-0.15, -0.1) is 0 Å². The van der Waals surface area contributed by atoms with Gasteiger partial charge < -0.3 is 14.8 Å². The number of halogens is 1. The maximum atomic E-state index is 12.1. The van der Waals surface area contributed by atoms with Gasteiger partial charge in [0.2, 0.25) is 0 Å². The standard InChI is InChI=1S/C17H18ClNO5S/c1-23-13-4-6-14(7-5-13)24-10-9-19-17(20)12-3-8-15(18)16(11-12)25(2,21)22/h3-8,11H,9-10H2,1-2H3,(H,19,20). The Labute approximate surface area is 151 Å². The van der Waals surface area contributed by atoms with Gasteiger partial charge in [0.05, 0.1) is 23.6 Å². The molecule has 134 valence electrons. The van der Waals surface area contributed by atoms with Crippen molar-refractivity contribution < 1.29 is 22.7 Å². The average molecular weight is 384 g/mol. The largest absolute Gasteiger partial charge is 0.497 e. The second-order valence-corrected chi connectivity index (χ2v) is 7.59. The predicted molar refractivity (Wildman–Crippen MR) is 95.4 cm³/mol. The van der Waals surface area contributed by atoms with E-state index in [1.165, 1.54) is 18.2 Å². The van der Waals surface area contributed by atoms with Gasteiger partial charge in [0.1, 0.15) is 18.1 Å². The fraction of sp³-hybridized carbons (Fsp3) is 0.235. The second kappa shape index (κ2) is 8.22. The number of nitrogens with one attached hydrogen (secondary N) is 1. The summed E-state index contributed by atoms with van der Waals surface area (Å²) in [7, 11) is -1.92. The van der Waals surface area contributed by atoms with E-state index in [-0.39, 0.29) is 28.6 Å². The molecular weight excluding hydrogens is 366 g/mol. The molecule has 0 bridgehead atoms. The van der Waals surface area contributed by atoms with Crippen LogP contribution in [0.5, 0.6) is 11.5 Å². The fourth-order valence-corrected chi connectivity index (χ4v) is 3.34. The summed E-state index contributed by atoms with van der Waals surface area (Å²) in [5.41, 5.74) is 0.217. The van der Waals surface area contributed by atoms with Crippen LogP contribution in [0.1, 0.15) is 10.4 Å². The highest BCUT2D eigenvalue weighted by Gasteiger charge is 2.15. The molecule has 0 aromatic heterocycles. The van der Waals surface area contributed by atoms with Gasteiger partial charge in [0.15, 0.2) is 9.84 Å². The molecule has 0 heterocycles. The van der Waals surface area contributed by atoms with Crippen LogP contribution in [0.2, 0.25) is 5.02 Å². The molecule has 0 saturated heterocycles. The van der Waals surface area contributed by atoms with Crippen LogP contribution in [0.15, 0.2) is 47.4 Å². The first-order chi connectivity index (χ1) is 11.8. The molecule has 0 aliphatic heterocycles. The Balaban J connectivity index is 1.90. The van der Waals surface area contributed by atoms with Crippen molar-refractivity contribution in [1.82, 2.24) is 5.32 Å². The Morgan fingerprint density at radius 1 is 1.12 bits per heavy atom. The molecule has 8 heteroatoms. The van der Waals surface area contributed by atoms with Gasteiger partial charge in [-0.05, 0) is 42.5 Å².